The lowest BCUT2D eigenvalue weighted by molar-refractivity contribution is 0.548. The summed E-state index contributed by atoms with van der Waals surface area (Å²) in [7, 11) is 0. The van der Waals surface area contributed by atoms with E-state index < -0.39 is 0 Å². The van der Waals surface area contributed by atoms with Crippen molar-refractivity contribution in [1.29, 1.82) is 5.26 Å². The molecule has 21 heavy (non-hydrogen) atoms. The maximum absolute atomic E-state index is 13.4. The zero-order valence-electron chi connectivity index (χ0n) is 12.3. The first-order valence-electron chi connectivity index (χ1n) is 6.97. The van der Waals surface area contributed by atoms with Crippen molar-refractivity contribution in [2.75, 3.05) is 6.54 Å². The lowest BCUT2D eigenvalue weighted by Crippen LogP contribution is -2.19. The van der Waals surface area contributed by atoms with E-state index in [1.807, 2.05) is 16.8 Å². The van der Waals surface area contributed by atoms with E-state index in [2.05, 4.69) is 24.1 Å². The van der Waals surface area contributed by atoms with Gasteiger partial charge in [-0.1, -0.05) is 13.8 Å². The predicted octanol–water partition coefficient (Wildman–Crippen LogP) is 2.69. The summed E-state index contributed by atoms with van der Waals surface area (Å²) in [6, 6.07) is 6.33. The van der Waals surface area contributed by atoms with Gasteiger partial charge in [0, 0.05) is 19.3 Å². The Balaban J connectivity index is 1.99. The van der Waals surface area contributed by atoms with Crippen LogP contribution in [0.1, 0.15) is 30.7 Å². The number of nitrogens with one attached hydrogen (secondary N) is 1. The van der Waals surface area contributed by atoms with Gasteiger partial charge in [-0.25, -0.2) is 9.37 Å². The van der Waals surface area contributed by atoms with Crippen LogP contribution in [0.15, 0.2) is 30.7 Å². The van der Waals surface area contributed by atoms with Crippen LogP contribution in [0.4, 0.5) is 4.39 Å². The summed E-state index contributed by atoms with van der Waals surface area (Å²) in [5.41, 5.74) is 2.04. The van der Waals surface area contributed by atoms with Crippen LogP contribution in [0.2, 0.25) is 0 Å². The Morgan fingerprint density at radius 3 is 2.90 bits per heavy atom. The van der Waals surface area contributed by atoms with Gasteiger partial charge in [-0.2, -0.15) is 5.26 Å². The van der Waals surface area contributed by atoms with Crippen LogP contribution in [0.25, 0.3) is 0 Å². The third-order valence-electron chi connectivity index (χ3n) is 3.00. The second kappa shape index (κ2) is 7.00. The van der Waals surface area contributed by atoms with E-state index in [-0.39, 0.29) is 5.82 Å². The molecule has 0 radical (unpaired) electrons. The molecule has 0 fully saturated rings. The lowest BCUT2D eigenvalue weighted by Gasteiger charge is -2.05. The van der Waals surface area contributed by atoms with E-state index in [0.29, 0.717) is 18.0 Å². The summed E-state index contributed by atoms with van der Waals surface area (Å²) in [5.74, 6) is 0.215. The van der Waals surface area contributed by atoms with Crippen molar-refractivity contribution in [3.8, 4) is 6.07 Å². The monoisotopic (exact) mass is 286 g/mol. The number of hydrogen-bond acceptors (Lipinski definition) is 3. The summed E-state index contributed by atoms with van der Waals surface area (Å²) >= 11 is 0. The highest BCUT2D eigenvalue weighted by molar-refractivity contribution is 5.33. The van der Waals surface area contributed by atoms with Gasteiger partial charge in [-0.15, -0.1) is 0 Å². The second-order valence-electron chi connectivity index (χ2n) is 5.52. The molecular formula is C16H19FN4. The van der Waals surface area contributed by atoms with Gasteiger partial charge >= 0.3 is 0 Å². The molecule has 0 saturated heterocycles. The van der Waals surface area contributed by atoms with Gasteiger partial charge in [0.25, 0.3) is 0 Å². The number of benzene rings is 1. The second-order valence-corrected chi connectivity index (χ2v) is 5.52. The topological polar surface area (TPSA) is 53.6 Å². The smallest absolute Gasteiger partial charge is 0.124 e. The summed E-state index contributed by atoms with van der Waals surface area (Å²) in [5, 5.41) is 12.2. The Hall–Kier alpha value is -2.19. The van der Waals surface area contributed by atoms with Crippen LogP contribution >= 0.6 is 0 Å². The van der Waals surface area contributed by atoms with Crippen LogP contribution in [0, 0.1) is 23.1 Å². The average Bonchev–Trinajstić information content (AvgIpc) is 2.85. The molecule has 2 aromatic rings. The molecule has 0 saturated carbocycles. The van der Waals surface area contributed by atoms with E-state index in [0.717, 1.165) is 24.3 Å². The first-order chi connectivity index (χ1) is 10.1. The highest BCUT2D eigenvalue weighted by Gasteiger charge is 2.04. The first-order valence-corrected chi connectivity index (χ1v) is 6.97. The Bertz CT molecular complexity index is 640. The fourth-order valence-electron chi connectivity index (χ4n) is 2.09. The van der Waals surface area contributed by atoms with Crippen molar-refractivity contribution in [1.82, 2.24) is 14.9 Å². The van der Waals surface area contributed by atoms with Crippen molar-refractivity contribution in [3.05, 3.63) is 53.4 Å². The number of nitriles is 1. The quantitative estimate of drug-likeness (QED) is 0.888. The van der Waals surface area contributed by atoms with Gasteiger partial charge in [0.1, 0.15) is 5.82 Å². The Morgan fingerprint density at radius 2 is 2.19 bits per heavy atom. The van der Waals surface area contributed by atoms with Crippen molar-refractivity contribution in [2.24, 2.45) is 5.92 Å². The van der Waals surface area contributed by atoms with Crippen LogP contribution in [0.5, 0.6) is 0 Å². The SMILES string of the molecule is CC(C)CNCc1cn(Cc2cc(F)cc(C#N)c2)cn1. The predicted molar refractivity (Wildman–Crippen MR) is 79.0 cm³/mol. The number of imidazole rings is 1. The molecule has 1 aromatic carbocycles. The number of aromatic nitrogens is 2. The molecule has 0 amide bonds. The van der Waals surface area contributed by atoms with Crippen LogP contribution in [0.3, 0.4) is 0 Å². The standard InChI is InChI=1S/C16H19FN4/c1-12(2)7-19-8-16-10-21(11-20-16)9-14-3-13(6-18)4-15(17)5-14/h3-5,10-12,19H,7-9H2,1-2H3. The fourth-order valence-corrected chi connectivity index (χ4v) is 2.09. The van der Waals surface area contributed by atoms with E-state index in [9.17, 15) is 4.39 Å². The molecule has 0 atom stereocenters. The third kappa shape index (κ3) is 4.69. The maximum atomic E-state index is 13.4. The highest BCUT2D eigenvalue weighted by atomic mass is 19.1. The van der Waals surface area contributed by atoms with Gasteiger partial charge in [0.2, 0.25) is 0 Å². The maximum Gasteiger partial charge on any atom is 0.124 e. The molecule has 0 bridgehead atoms. The van der Waals surface area contributed by atoms with Gasteiger partial charge < -0.3 is 9.88 Å². The minimum absolute atomic E-state index is 0.337. The fraction of sp³-hybridized carbons (Fsp3) is 0.375. The van der Waals surface area contributed by atoms with E-state index in [1.165, 1.54) is 12.1 Å². The zero-order chi connectivity index (χ0) is 15.2. The average molecular weight is 286 g/mol. The zero-order valence-corrected chi connectivity index (χ0v) is 12.3. The van der Waals surface area contributed by atoms with E-state index in [4.69, 9.17) is 5.26 Å². The highest BCUT2D eigenvalue weighted by Crippen LogP contribution is 2.10. The molecule has 1 heterocycles. The molecule has 2 rings (SSSR count). The lowest BCUT2D eigenvalue weighted by atomic mass is 10.1. The molecule has 5 heteroatoms. The largest absolute Gasteiger partial charge is 0.333 e. The number of hydrogen-bond donors (Lipinski definition) is 1. The number of rotatable bonds is 6. The van der Waals surface area contributed by atoms with Crippen LogP contribution in [-0.4, -0.2) is 16.1 Å². The van der Waals surface area contributed by atoms with Gasteiger partial charge in [0.05, 0.1) is 23.7 Å². The first kappa shape index (κ1) is 15.2. The Kier molecular flexibility index (Phi) is 5.07. The number of halogens is 1. The van der Waals surface area contributed by atoms with Crippen molar-refractivity contribution in [3.63, 3.8) is 0 Å². The summed E-state index contributed by atoms with van der Waals surface area (Å²) in [6.07, 6.45) is 3.66. The third-order valence-corrected chi connectivity index (χ3v) is 3.00. The van der Waals surface area contributed by atoms with Crippen LogP contribution < -0.4 is 5.32 Å². The molecule has 1 aromatic heterocycles. The van der Waals surface area contributed by atoms with Gasteiger partial charge in [-0.05, 0) is 36.2 Å². The molecule has 0 unspecified atom stereocenters. The summed E-state index contributed by atoms with van der Waals surface area (Å²) in [4.78, 5) is 4.32. The molecule has 0 aliphatic rings. The number of nitrogens with zero attached hydrogens (tertiary/aromatic N) is 3. The van der Waals surface area contributed by atoms with Gasteiger partial charge in [-0.3, -0.25) is 0 Å². The van der Waals surface area contributed by atoms with E-state index in [1.54, 1.807) is 12.4 Å². The van der Waals surface area contributed by atoms with Gasteiger partial charge in [0.15, 0.2) is 0 Å². The van der Waals surface area contributed by atoms with Crippen molar-refractivity contribution >= 4 is 0 Å². The van der Waals surface area contributed by atoms with Crippen LogP contribution in [-0.2, 0) is 13.1 Å². The molecular weight excluding hydrogens is 267 g/mol. The molecule has 1 N–H and O–H groups in total. The Morgan fingerprint density at radius 1 is 1.38 bits per heavy atom. The summed E-state index contributed by atoms with van der Waals surface area (Å²) in [6.45, 7) is 6.48. The molecule has 0 aliphatic carbocycles. The molecule has 0 aliphatic heterocycles. The van der Waals surface area contributed by atoms with Crippen molar-refractivity contribution < 1.29 is 4.39 Å². The molecule has 0 spiro atoms. The Labute approximate surface area is 124 Å². The summed E-state index contributed by atoms with van der Waals surface area (Å²) < 4.78 is 15.3. The normalized spacial score (nSPS) is 10.8. The minimum Gasteiger partial charge on any atom is -0.333 e. The van der Waals surface area contributed by atoms with Crippen molar-refractivity contribution in [2.45, 2.75) is 26.9 Å². The minimum atomic E-state index is -0.386. The molecule has 4 nitrogen and oxygen atoms in total. The molecule has 110 valence electrons. The van der Waals surface area contributed by atoms with E-state index >= 15 is 0 Å².